The molecule has 2 aromatic heterocycles. The van der Waals surface area contributed by atoms with Crippen LogP contribution < -0.4 is 11.1 Å². The molecule has 0 spiro atoms. The Morgan fingerprint density at radius 1 is 0.700 bits per heavy atom. The largest absolute Gasteiger partial charge is 0.311 e. The van der Waals surface area contributed by atoms with Gasteiger partial charge in [-0.25, -0.2) is 12.4 Å². The van der Waals surface area contributed by atoms with E-state index in [4.69, 9.17) is 0 Å². The van der Waals surface area contributed by atoms with Gasteiger partial charge in [0.05, 0.1) is 12.1 Å². The van der Waals surface area contributed by atoms with Crippen molar-refractivity contribution < 1.29 is 8.42 Å². The van der Waals surface area contributed by atoms with E-state index in [2.05, 4.69) is 0 Å². The lowest BCUT2D eigenvalue weighted by atomic mass is 10.1. The SMILES string of the molecule is O=c1c(-c2ccccc2)c(S(=O)(=O)n2ccccc2=O)ccn1Cc1ccccc1. The van der Waals surface area contributed by atoms with Crippen LogP contribution in [-0.2, 0) is 16.6 Å². The Bertz CT molecular complexity index is 1410. The Hall–Kier alpha value is -3.71. The van der Waals surface area contributed by atoms with Crippen molar-refractivity contribution in [1.82, 2.24) is 8.54 Å². The van der Waals surface area contributed by atoms with Gasteiger partial charge in [0.2, 0.25) is 0 Å². The van der Waals surface area contributed by atoms with Crippen molar-refractivity contribution in [3.8, 4) is 11.1 Å². The van der Waals surface area contributed by atoms with Gasteiger partial charge in [-0.1, -0.05) is 66.7 Å². The number of hydrogen-bond acceptors (Lipinski definition) is 4. The number of hydrogen-bond donors (Lipinski definition) is 0. The molecule has 0 bridgehead atoms. The van der Waals surface area contributed by atoms with E-state index in [0.717, 1.165) is 11.6 Å². The monoisotopic (exact) mass is 418 g/mol. The number of benzene rings is 2. The van der Waals surface area contributed by atoms with Gasteiger partial charge in [-0.3, -0.25) is 9.59 Å². The average molecular weight is 418 g/mol. The highest BCUT2D eigenvalue weighted by Crippen LogP contribution is 2.25. The summed E-state index contributed by atoms with van der Waals surface area (Å²) in [4.78, 5) is 25.3. The molecule has 7 heteroatoms. The van der Waals surface area contributed by atoms with Gasteiger partial charge in [0, 0.05) is 18.5 Å². The Kier molecular flexibility index (Phi) is 5.20. The minimum atomic E-state index is -4.27. The molecule has 0 aliphatic carbocycles. The molecule has 0 amide bonds. The quantitative estimate of drug-likeness (QED) is 0.499. The van der Waals surface area contributed by atoms with Crippen LogP contribution in [0.3, 0.4) is 0 Å². The predicted molar refractivity (Wildman–Crippen MR) is 115 cm³/mol. The molecule has 30 heavy (non-hydrogen) atoms. The van der Waals surface area contributed by atoms with E-state index in [1.54, 1.807) is 30.3 Å². The van der Waals surface area contributed by atoms with Crippen LogP contribution in [0.15, 0.2) is 112 Å². The molecule has 4 aromatic rings. The minimum Gasteiger partial charge on any atom is -0.311 e. The van der Waals surface area contributed by atoms with Crippen LogP contribution in [0, 0.1) is 0 Å². The molecule has 0 radical (unpaired) electrons. The summed E-state index contributed by atoms with van der Waals surface area (Å²) in [5.74, 6) is 0. The van der Waals surface area contributed by atoms with Crippen molar-refractivity contribution in [3.05, 3.63) is 124 Å². The number of aromatic nitrogens is 2. The molecule has 0 saturated heterocycles. The van der Waals surface area contributed by atoms with Crippen LogP contribution in [0.5, 0.6) is 0 Å². The maximum absolute atomic E-state index is 13.4. The normalized spacial score (nSPS) is 11.3. The lowest BCUT2D eigenvalue weighted by Crippen LogP contribution is -2.30. The molecule has 0 N–H and O–H groups in total. The van der Waals surface area contributed by atoms with Crippen molar-refractivity contribution in [2.45, 2.75) is 11.4 Å². The third kappa shape index (κ3) is 3.62. The van der Waals surface area contributed by atoms with E-state index >= 15 is 0 Å². The van der Waals surface area contributed by atoms with Crippen molar-refractivity contribution in [3.63, 3.8) is 0 Å². The van der Waals surface area contributed by atoms with Crippen LogP contribution in [0.4, 0.5) is 0 Å². The first kappa shape index (κ1) is 19.6. The van der Waals surface area contributed by atoms with Crippen LogP contribution in [0.1, 0.15) is 5.56 Å². The van der Waals surface area contributed by atoms with Crippen LogP contribution in [-0.4, -0.2) is 17.0 Å². The van der Waals surface area contributed by atoms with E-state index in [0.29, 0.717) is 16.1 Å². The third-order valence-corrected chi connectivity index (χ3v) is 6.43. The van der Waals surface area contributed by atoms with Crippen molar-refractivity contribution in [2.24, 2.45) is 0 Å². The van der Waals surface area contributed by atoms with Gasteiger partial charge in [-0.05, 0) is 23.3 Å². The summed E-state index contributed by atoms with van der Waals surface area (Å²) in [5.41, 5.74) is 0.269. The van der Waals surface area contributed by atoms with Crippen LogP contribution in [0.2, 0.25) is 0 Å². The Labute approximate surface area is 173 Å². The maximum Gasteiger partial charge on any atom is 0.271 e. The van der Waals surface area contributed by atoms with Crippen molar-refractivity contribution in [2.75, 3.05) is 0 Å². The summed E-state index contributed by atoms with van der Waals surface area (Å²) < 4.78 is 28.7. The fourth-order valence-corrected chi connectivity index (χ4v) is 4.70. The zero-order chi connectivity index (χ0) is 21.1. The summed E-state index contributed by atoms with van der Waals surface area (Å²) in [7, 11) is -4.27. The molecule has 0 saturated carbocycles. The van der Waals surface area contributed by atoms with Gasteiger partial charge < -0.3 is 4.57 Å². The first-order chi connectivity index (χ1) is 14.5. The Morgan fingerprint density at radius 3 is 2.00 bits per heavy atom. The molecule has 0 unspecified atom stereocenters. The maximum atomic E-state index is 13.4. The molecule has 0 aliphatic heterocycles. The highest BCUT2D eigenvalue weighted by Gasteiger charge is 2.25. The molecular weight excluding hydrogens is 400 g/mol. The molecule has 2 heterocycles. The molecule has 4 rings (SSSR count). The molecule has 0 aliphatic rings. The van der Waals surface area contributed by atoms with Gasteiger partial charge in [0.15, 0.2) is 0 Å². The fourth-order valence-electron chi connectivity index (χ4n) is 3.27. The van der Waals surface area contributed by atoms with Gasteiger partial charge in [-0.15, -0.1) is 0 Å². The molecular formula is C23H18N2O4S. The van der Waals surface area contributed by atoms with Crippen molar-refractivity contribution >= 4 is 10.0 Å². The fraction of sp³-hybridized carbons (Fsp3) is 0.0435. The van der Waals surface area contributed by atoms with Crippen LogP contribution in [0.25, 0.3) is 11.1 Å². The van der Waals surface area contributed by atoms with Gasteiger partial charge >= 0.3 is 0 Å². The molecule has 150 valence electrons. The third-order valence-electron chi connectivity index (χ3n) is 4.71. The zero-order valence-electron chi connectivity index (χ0n) is 15.9. The van der Waals surface area contributed by atoms with E-state index in [1.807, 2.05) is 30.3 Å². The standard InChI is InChI=1S/C23H18N2O4S/c26-21-13-7-8-15-25(21)30(28,29)20-14-16-24(17-18-9-3-1-4-10-18)23(27)22(20)19-11-5-2-6-12-19/h1-16H,17H2. The van der Waals surface area contributed by atoms with Gasteiger partial charge in [-0.2, -0.15) is 0 Å². The second-order valence-corrected chi connectivity index (χ2v) is 8.46. The summed E-state index contributed by atoms with van der Waals surface area (Å²) in [6, 6.07) is 23.5. The zero-order valence-corrected chi connectivity index (χ0v) is 16.7. The first-order valence-corrected chi connectivity index (χ1v) is 10.7. The van der Waals surface area contributed by atoms with E-state index < -0.39 is 21.1 Å². The number of rotatable bonds is 5. The number of nitrogens with zero attached hydrogens (tertiary/aromatic N) is 2. The molecule has 2 aromatic carbocycles. The summed E-state index contributed by atoms with van der Waals surface area (Å²) in [6.45, 7) is 0.297. The smallest absolute Gasteiger partial charge is 0.271 e. The van der Waals surface area contributed by atoms with Gasteiger partial charge in [0.25, 0.3) is 21.1 Å². The Balaban J connectivity index is 1.96. The molecule has 0 fully saturated rings. The second-order valence-electron chi connectivity index (χ2n) is 6.68. The molecule has 6 nitrogen and oxygen atoms in total. The summed E-state index contributed by atoms with van der Waals surface area (Å²) >= 11 is 0. The Morgan fingerprint density at radius 2 is 1.33 bits per heavy atom. The van der Waals surface area contributed by atoms with Crippen LogP contribution >= 0.6 is 0 Å². The molecule has 0 atom stereocenters. The van der Waals surface area contributed by atoms with E-state index in [-0.39, 0.29) is 10.5 Å². The van der Waals surface area contributed by atoms with E-state index in [1.165, 1.54) is 35.2 Å². The predicted octanol–water partition coefficient (Wildman–Crippen LogP) is 2.96. The lowest BCUT2D eigenvalue weighted by Gasteiger charge is -2.15. The van der Waals surface area contributed by atoms with Gasteiger partial charge in [0.1, 0.15) is 4.90 Å². The van der Waals surface area contributed by atoms with Crippen molar-refractivity contribution in [1.29, 1.82) is 0 Å². The minimum absolute atomic E-state index is 0.0322. The summed E-state index contributed by atoms with van der Waals surface area (Å²) in [5, 5.41) is 0. The topological polar surface area (TPSA) is 78.1 Å². The van der Waals surface area contributed by atoms with E-state index in [9.17, 15) is 18.0 Å². The summed E-state index contributed by atoms with van der Waals surface area (Å²) in [6.07, 6.45) is 2.63. The highest BCUT2D eigenvalue weighted by molar-refractivity contribution is 7.90. The highest BCUT2D eigenvalue weighted by atomic mass is 32.2. The average Bonchev–Trinajstić information content (AvgIpc) is 2.76. The first-order valence-electron chi connectivity index (χ1n) is 9.24. The lowest BCUT2D eigenvalue weighted by molar-refractivity contribution is 0.584. The number of pyridine rings is 2. The second kappa shape index (κ2) is 7.96.